The van der Waals surface area contributed by atoms with Crippen molar-refractivity contribution in [1.29, 1.82) is 0 Å². The fraction of sp³-hybridized carbons (Fsp3) is 0.636. The summed E-state index contributed by atoms with van der Waals surface area (Å²) in [6, 6.07) is 5.02. The van der Waals surface area contributed by atoms with Crippen LogP contribution in [-0.4, -0.2) is 48.8 Å². The number of unbranched alkanes of at least 4 members (excludes halogenated alkanes) is 1. The molecule has 30 heavy (non-hydrogen) atoms. The summed E-state index contributed by atoms with van der Waals surface area (Å²) >= 11 is 0. The van der Waals surface area contributed by atoms with E-state index < -0.39 is 10.0 Å². The molecule has 1 N–H and O–H groups in total. The summed E-state index contributed by atoms with van der Waals surface area (Å²) in [6.07, 6.45) is 5.49. The third-order valence-corrected chi connectivity index (χ3v) is 7.41. The Morgan fingerprint density at radius 2 is 1.97 bits per heavy atom. The quantitative estimate of drug-likeness (QED) is 0.551. The molecule has 1 amide bonds. The van der Waals surface area contributed by atoms with Gasteiger partial charge in [-0.05, 0) is 37.5 Å². The van der Waals surface area contributed by atoms with Crippen LogP contribution >= 0.6 is 0 Å². The van der Waals surface area contributed by atoms with Gasteiger partial charge < -0.3 is 9.88 Å². The van der Waals surface area contributed by atoms with Crippen molar-refractivity contribution in [2.45, 2.75) is 70.7 Å². The number of hydrogen-bond donors (Lipinski definition) is 1. The minimum Gasteiger partial charge on any atom is -0.356 e. The van der Waals surface area contributed by atoms with Gasteiger partial charge >= 0.3 is 0 Å². The van der Waals surface area contributed by atoms with Gasteiger partial charge in [0, 0.05) is 40.0 Å². The van der Waals surface area contributed by atoms with Crippen molar-refractivity contribution < 1.29 is 13.2 Å². The van der Waals surface area contributed by atoms with E-state index >= 15 is 0 Å². The Labute approximate surface area is 180 Å². The Balaban J connectivity index is 2.09. The second-order valence-electron chi connectivity index (χ2n) is 7.93. The summed E-state index contributed by atoms with van der Waals surface area (Å²) in [4.78, 5) is 17.2. The van der Waals surface area contributed by atoms with Crippen LogP contribution in [0.15, 0.2) is 23.1 Å². The van der Waals surface area contributed by atoms with Crippen molar-refractivity contribution in [3.8, 4) is 0 Å². The number of carbonyl (C=O) groups is 1. The van der Waals surface area contributed by atoms with Gasteiger partial charge in [-0.1, -0.05) is 33.1 Å². The summed E-state index contributed by atoms with van der Waals surface area (Å²) in [5.41, 5.74) is 1.53. The lowest BCUT2D eigenvalue weighted by Gasteiger charge is -2.15. The molecule has 1 aromatic heterocycles. The molecule has 0 aliphatic heterocycles. The first-order chi connectivity index (χ1) is 14.2. The van der Waals surface area contributed by atoms with Gasteiger partial charge in [0.25, 0.3) is 0 Å². The van der Waals surface area contributed by atoms with E-state index in [0.717, 1.165) is 30.7 Å². The zero-order chi connectivity index (χ0) is 22.3. The van der Waals surface area contributed by atoms with Crippen LogP contribution in [0.2, 0.25) is 0 Å². The van der Waals surface area contributed by atoms with Crippen LogP contribution < -0.4 is 5.32 Å². The fourth-order valence-corrected chi connectivity index (χ4v) is 4.51. The van der Waals surface area contributed by atoms with E-state index in [-0.39, 0.29) is 10.8 Å². The van der Waals surface area contributed by atoms with Gasteiger partial charge in [0.05, 0.1) is 15.9 Å². The topological polar surface area (TPSA) is 84.3 Å². The number of nitrogens with one attached hydrogen (secondary N) is 1. The maximum Gasteiger partial charge on any atom is 0.242 e. The number of rotatable bonds is 12. The maximum absolute atomic E-state index is 12.4. The lowest BCUT2D eigenvalue weighted by Crippen LogP contribution is -2.29. The number of aryl methyl sites for hydroxylation is 2. The van der Waals surface area contributed by atoms with Crippen LogP contribution in [0.25, 0.3) is 11.0 Å². The normalized spacial score (nSPS) is 13.1. The number of hydrogen-bond acceptors (Lipinski definition) is 4. The minimum atomic E-state index is -3.51. The highest BCUT2D eigenvalue weighted by atomic mass is 32.2. The van der Waals surface area contributed by atoms with Crippen LogP contribution in [0, 0.1) is 5.92 Å². The molecule has 0 saturated carbocycles. The average Bonchev–Trinajstić information content (AvgIpc) is 3.08. The molecule has 0 fully saturated rings. The van der Waals surface area contributed by atoms with E-state index in [1.807, 2.05) is 11.5 Å². The SMILES string of the molecule is CCCCC(CC)CNC(=O)CCc1nc2cc(S(=O)(=O)N(C)C)ccc2n1CC. The van der Waals surface area contributed by atoms with E-state index in [4.69, 9.17) is 0 Å². The van der Waals surface area contributed by atoms with Crippen molar-refractivity contribution in [3.05, 3.63) is 24.0 Å². The number of aromatic nitrogens is 2. The van der Waals surface area contributed by atoms with E-state index in [0.29, 0.717) is 30.8 Å². The second-order valence-corrected chi connectivity index (χ2v) is 10.1. The van der Waals surface area contributed by atoms with Crippen molar-refractivity contribution >= 4 is 27.0 Å². The van der Waals surface area contributed by atoms with E-state index in [9.17, 15) is 13.2 Å². The first kappa shape index (κ1) is 24.3. The van der Waals surface area contributed by atoms with Gasteiger partial charge in [0.1, 0.15) is 5.82 Å². The van der Waals surface area contributed by atoms with Gasteiger partial charge in [-0.3, -0.25) is 4.79 Å². The molecule has 2 rings (SSSR count). The molecule has 8 heteroatoms. The standard InChI is InChI=1S/C22H36N4O3S/c1-6-9-10-17(7-2)16-23-22(27)14-13-21-24-19-15-18(30(28,29)25(4)5)11-12-20(19)26(21)8-3/h11-12,15,17H,6-10,13-14,16H2,1-5H3,(H,23,27). The minimum absolute atomic E-state index is 0.0375. The fourth-order valence-electron chi connectivity index (χ4n) is 3.59. The van der Waals surface area contributed by atoms with Gasteiger partial charge in [0.15, 0.2) is 0 Å². The van der Waals surface area contributed by atoms with Crippen LogP contribution in [0.4, 0.5) is 0 Å². The summed E-state index contributed by atoms with van der Waals surface area (Å²) in [5.74, 6) is 1.38. The molecule has 1 atom stereocenters. The zero-order valence-electron chi connectivity index (χ0n) is 18.9. The zero-order valence-corrected chi connectivity index (χ0v) is 19.8. The predicted molar refractivity (Wildman–Crippen MR) is 121 cm³/mol. The van der Waals surface area contributed by atoms with Crippen LogP contribution in [-0.2, 0) is 27.8 Å². The van der Waals surface area contributed by atoms with Crippen molar-refractivity contribution in [2.24, 2.45) is 5.92 Å². The summed E-state index contributed by atoms with van der Waals surface area (Å²) in [5, 5.41) is 3.06. The predicted octanol–water partition coefficient (Wildman–Crippen LogP) is 3.57. The lowest BCUT2D eigenvalue weighted by molar-refractivity contribution is -0.121. The monoisotopic (exact) mass is 436 g/mol. The Hall–Kier alpha value is -1.93. The Morgan fingerprint density at radius 3 is 2.57 bits per heavy atom. The van der Waals surface area contributed by atoms with Crippen molar-refractivity contribution in [3.63, 3.8) is 0 Å². The third kappa shape index (κ3) is 5.82. The van der Waals surface area contributed by atoms with Gasteiger partial charge in [0.2, 0.25) is 15.9 Å². The highest BCUT2D eigenvalue weighted by molar-refractivity contribution is 7.89. The highest BCUT2D eigenvalue weighted by Crippen LogP contribution is 2.22. The van der Waals surface area contributed by atoms with Crippen molar-refractivity contribution in [2.75, 3.05) is 20.6 Å². The molecule has 0 bridgehead atoms. The van der Waals surface area contributed by atoms with Crippen LogP contribution in [0.5, 0.6) is 0 Å². The first-order valence-electron chi connectivity index (χ1n) is 10.9. The number of imidazole rings is 1. The van der Waals surface area contributed by atoms with Gasteiger partial charge in [-0.25, -0.2) is 17.7 Å². The largest absolute Gasteiger partial charge is 0.356 e. The molecule has 1 unspecified atom stereocenters. The van der Waals surface area contributed by atoms with E-state index in [1.165, 1.54) is 31.2 Å². The summed E-state index contributed by atoms with van der Waals surface area (Å²) in [6.45, 7) is 7.81. The third-order valence-electron chi connectivity index (χ3n) is 5.60. The molecular weight excluding hydrogens is 400 g/mol. The number of nitrogens with zero attached hydrogens (tertiary/aromatic N) is 3. The molecule has 2 aromatic rings. The average molecular weight is 437 g/mol. The summed E-state index contributed by atoms with van der Waals surface area (Å²) in [7, 11) is -0.482. The Kier molecular flexibility index (Phi) is 8.85. The number of fused-ring (bicyclic) bond motifs is 1. The number of sulfonamides is 1. The molecule has 0 aliphatic rings. The summed E-state index contributed by atoms with van der Waals surface area (Å²) < 4.78 is 28.1. The van der Waals surface area contributed by atoms with Gasteiger partial charge in [-0.15, -0.1) is 0 Å². The molecule has 168 valence electrons. The number of amides is 1. The smallest absolute Gasteiger partial charge is 0.242 e. The second kappa shape index (κ2) is 10.9. The van der Waals surface area contributed by atoms with Gasteiger partial charge in [-0.2, -0.15) is 0 Å². The molecule has 0 aliphatic carbocycles. The maximum atomic E-state index is 12.4. The number of carbonyl (C=O) groups excluding carboxylic acids is 1. The molecule has 1 heterocycles. The Morgan fingerprint density at radius 1 is 1.23 bits per heavy atom. The molecule has 0 radical (unpaired) electrons. The molecule has 0 spiro atoms. The van der Waals surface area contributed by atoms with Crippen LogP contribution in [0.1, 0.15) is 58.7 Å². The van der Waals surface area contributed by atoms with E-state index in [2.05, 4.69) is 24.1 Å². The molecule has 1 aromatic carbocycles. The highest BCUT2D eigenvalue weighted by Gasteiger charge is 2.20. The number of benzene rings is 1. The first-order valence-corrected chi connectivity index (χ1v) is 12.4. The Bertz CT molecular complexity index is 951. The molecule has 7 nitrogen and oxygen atoms in total. The van der Waals surface area contributed by atoms with E-state index in [1.54, 1.807) is 18.2 Å². The van der Waals surface area contributed by atoms with Crippen LogP contribution in [0.3, 0.4) is 0 Å². The lowest BCUT2D eigenvalue weighted by atomic mass is 9.99. The molecule has 0 saturated heterocycles. The molecular formula is C22H36N4O3S. The van der Waals surface area contributed by atoms with Crippen molar-refractivity contribution in [1.82, 2.24) is 19.2 Å².